The van der Waals surface area contributed by atoms with Gasteiger partial charge in [-0.3, -0.25) is 14.5 Å². The molecule has 0 atom stereocenters. The van der Waals surface area contributed by atoms with E-state index < -0.39 is 0 Å². The molecule has 1 saturated heterocycles. The minimum Gasteiger partial charge on any atom is -0.352 e. The van der Waals surface area contributed by atoms with Gasteiger partial charge in [0.1, 0.15) is 0 Å². The topological polar surface area (TPSA) is 52.7 Å². The van der Waals surface area contributed by atoms with Crippen molar-refractivity contribution in [2.24, 2.45) is 0 Å². The molecule has 0 unspecified atom stereocenters. The Morgan fingerprint density at radius 3 is 2.44 bits per heavy atom. The van der Waals surface area contributed by atoms with Gasteiger partial charge in [0.05, 0.1) is 6.54 Å². The molecular weight excluding hydrogens is 314 g/mol. The second kappa shape index (κ2) is 6.84. The predicted octanol–water partition coefficient (Wildman–Crippen LogP) is 1.88. The minimum atomic E-state index is 0.0823. The quantitative estimate of drug-likeness (QED) is 0.927. The molecule has 0 radical (unpaired) electrons. The van der Waals surface area contributed by atoms with Crippen molar-refractivity contribution in [1.82, 2.24) is 15.1 Å². The summed E-state index contributed by atoms with van der Waals surface area (Å²) in [4.78, 5) is 28.9. The highest BCUT2D eigenvalue weighted by Crippen LogP contribution is 2.21. The molecule has 2 fully saturated rings. The van der Waals surface area contributed by atoms with E-state index in [0.717, 1.165) is 42.3 Å². The van der Waals surface area contributed by atoms with Gasteiger partial charge in [0.2, 0.25) is 5.91 Å². The van der Waals surface area contributed by atoms with Crippen LogP contribution in [0.15, 0.2) is 42.5 Å². The van der Waals surface area contributed by atoms with Crippen molar-refractivity contribution >= 4 is 22.6 Å². The molecule has 1 heterocycles. The third-order valence-corrected chi connectivity index (χ3v) is 4.99. The van der Waals surface area contributed by atoms with Crippen LogP contribution in [0, 0.1) is 0 Å². The highest BCUT2D eigenvalue weighted by Gasteiger charge is 2.27. The van der Waals surface area contributed by atoms with Crippen molar-refractivity contribution < 1.29 is 9.59 Å². The first-order valence-corrected chi connectivity index (χ1v) is 8.99. The van der Waals surface area contributed by atoms with E-state index in [2.05, 4.69) is 10.2 Å². The first-order chi connectivity index (χ1) is 12.2. The van der Waals surface area contributed by atoms with Gasteiger partial charge in [-0.1, -0.05) is 36.4 Å². The summed E-state index contributed by atoms with van der Waals surface area (Å²) < 4.78 is 0. The minimum absolute atomic E-state index is 0.0823. The molecule has 1 saturated carbocycles. The summed E-state index contributed by atoms with van der Waals surface area (Å²) in [6.45, 7) is 3.26. The van der Waals surface area contributed by atoms with Crippen molar-refractivity contribution in [2.75, 3.05) is 32.7 Å². The van der Waals surface area contributed by atoms with Crippen molar-refractivity contribution in [1.29, 1.82) is 0 Å². The van der Waals surface area contributed by atoms with E-state index in [0.29, 0.717) is 25.7 Å². The number of nitrogens with one attached hydrogen (secondary N) is 1. The van der Waals surface area contributed by atoms with Crippen LogP contribution in [0.1, 0.15) is 23.2 Å². The molecule has 2 amide bonds. The Balaban J connectivity index is 1.38. The SMILES string of the molecule is O=C(CN1CCN(C(=O)c2cccc3ccccc23)CC1)NC1CC1. The molecule has 130 valence electrons. The van der Waals surface area contributed by atoms with Crippen LogP contribution in [-0.2, 0) is 4.79 Å². The number of benzene rings is 2. The standard InChI is InChI=1S/C20H23N3O2/c24-19(21-16-8-9-16)14-22-10-12-23(13-11-22)20(25)18-7-3-5-15-4-1-2-6-17(15)18/h1-7,16H,8-14H2,(H,21,24). The first-order valence-electron chi connectivity index (χ1n) is 8.99. The maximum Gasteiger partial charge on any atom is 0.254 e. The molecule has 0 aromatic heterocycles. The van der Waals surface area contributed by atoms with E-state index in [-0.39, 0.29) is 11.8 Å². The average molecular weight is 337 g/mol. The number of piperazine rings is 1. The van der Waals surface area contributed by atoms with Gasteiger partial charge in [-0.25, -0.2) is 0 Å². The Morgan fingerprint density at radius 1 is 0.960 bits per heavy atom. The maximum absolute atomic E-state index is 12.9. The highest BCUT2D eigenvalue weighted by molar-refractivity contribution is 6.07. The monoisotopic (exact) mass is 337 g/mol. The van der Waals surface area contributed by atoms with E-state index in [1.807, 2.05) is 47.4 Å². The van der Waals surface area contributed by atoms with Gasteiger partial charge in [0.15, 0.2) is 0 Å². The van der Waals surface area contributed by atoms with Crippen LogP contribution in [0.25, 0.3) is 10.8 Å². The zero-order valence-electron chi connectivity index (χ0n) is 14.3. The largest absolute Gasteiger partial charge is 0.352 e. The maximum atomic E-state index is 12.9. The number of amides is 2. The third kappa shape index (κ3) is 3.66. The Bertz CT molecular complexity index is 787. The van der Waals surface area contributed by atoms with Gasteiger partial charge in [0, 0.05) is 37.8 Å². The fraction of sp³-hybridized carbons (Fsp3) is 0.400. The van der Waals surface area contributed by atoms with Gasteiger partial charge in [-0.15, -0.1) is 0 Å². The first kappa shape index (κ1) is 16.1. The Labute approximate surface area is 147 Å². The Kier molecular flexibility index (Phi) is 4.40. The number of hydrogen-bond donors (Lipinski definition) is 1. The molecule has 0 bridgehead atoms. The van der Waals surface area contributed by atoms with Gasteiger partial charge in [0.25, 0.3) is 5.91 Å². The molecule has 2 aliphatic rings. The summed E-state index contributed by atoms with van der Waals surface area (Å²) in [5.41, 5.74) is 0.762. The van der Waals surface area contributed by atoms with Gasteiger partial charge in [-0.05, 0) is 29.7 Å². The van der Waals surface area contributed by atoms with Crippen molar-refractivity contribution in [2.45, 2.75) is 18.9 Å². The fourth-order valence-electron chi connectivity index (χ4n) is 3.40. The van der Waals surface area contributed by atoms with Crippen LogP contribution in [0.3, 0.4) is 0 Å². The number of carbonyl (C=O) groups excluding carboxylic acids is 2. The zero-order chi connectivity index (χ0) is 17.2. The number of fused-ring (bicyclic) bond motifs is 1. The summed E-state index contributed by atoms with van der Waals surface area (Å²) in [5.74, 6) is 0.190. The second-order valence-corrected chi connectivity index (χ2v) is 6.94. The molecular formula is C20H23N3O2. The van der Waals surface area contributed by atoms with E-state index in [1.54, 1.807) is 0 Å². The van der Waals surface area contributed by atoms with Gasteiger partial charge < -0.3 is 10.2 Å². The van der Waals surface area contributed by atoms with Crippen molar-refractivity contribution in [3.63, 3.8) is 0 Å². The van der Waals surface area contributed by atoms with Crippen molar-refractivity contribution in [3.05, 3.63) is 48.0 Å². The van der Waals surface area contributed by atoms with E-state index in [9.17, 15) is 9.59 Å². The summed E-state index contributed by atoms with van der Waals surface area (Å²) in [6.07, 6.45) is 2.22. The van der Waals surface area contributed by atoms with Gasteiger partial charge in [-0.2, -0.15) is 0 Å². The summed E-state index contributed by atoms with van der Waals surface area (Å²) in [7, 11) is 0. The van der Waals surface area contributed by atoms with Crippen LogP contribution in [-0.4, -0.2) is 60.4 Å². The number of carbonyl (C=O) groups is 2. The molecule has 1 aliphatic heterocycles. The van der Waals surface area contributed by atoms with Crippen LogP contribution < -0.4 is 5.32 Å². The molecule has 5 nitrogen and oxygen atoms in total. The van der Waals surface area contributed by atoms with Crippen LogP contribution in [0.5, 0.6) is 0 Å². The van der Waals surface area contributed by atoms with Gasteiger partial charge >= 0.3 is 0 Å². The van der Waals surface area contributed by atoms with E-state index in [4.69, 9.17) is 0 Å². The number of rotatable bonds is 4. The van der Waals surface area contributed by atoms with Crippen LogP contribution in [0.4, 0.5) is 0 Å². The zero-order valence-corrected chi connectivity index (χ0v) is 14.3. The second-order valence-electron chi connectivity index (χ2n) is 6.94. The smallest absolute Gasteiger partial charge is 0.254 e. The Morgan fingerprint density at radius 2 is 1.68 bits per heavy atom. The predicted molar refractivity (Wildman–Crippen MR) is 97.5 cm³/mol. The van der Waals surface area contributed by atoms with Crippen LogP contribution >= 0.6 is 0 Å². The lowest BCUT2D eigenvalue weighted by Crippen LogP contribution is -2.51. The fourth-order valence-corrected chi connectivity index (χ4v) is 3.40. The molecule has 4 rings (SSSR count). The highest BCUT2D eigenvalue weighted by atomic mass is 16.2. The lowest BCUT2D eigenvalue weighted by atomic mass is 10.0. The molecule has 2 aromatic carbocycles. The molecule has 1 N–H and O–H groups in total. The molecule has 25 heavy (non-hydrogen) atoms. The lowest BCUT2D eigenvalue weighted by molar-refractivity contribution is -0.122. The molecule has 2 aromatic rings. The van der Waals surface area contributed by atoms with Crippen molar-refractivity contribution in [3.8, 4) is 0 Å². The summed E-state index contributed by atoms with van der Waals surface area (Å²) in [5, 5.41) is 5.11. The Hall–Kier alpha value is -2.40. The third-order valence-electron chi connectivity index (χ3n) is 4.99. The van der Waals surface area contributed by atoms with Crippen LogP contribution in [0.2, 0.25) is 0 Å². The number of hydrogen-bond acceptors (Lipinski definition) is 3. The van der Waals surface area contributed by atoms with E-state index >= 15 is 0 Å². The summed E-state index contributed by atoms with van der Waals surface area (Å²) >= 11 is 0. The number of nitrogens with zero attached hydrogens (tertiary/aromatic N) is 2. The average Bonchev–Trinajstić information content (AvgIpc) is 3.45. The molecule has 5 heteroatoms. The molecule has 1 aliphatic carbocycles. The summed E-state index contributed by atoms with van der Waals surface area (Å²) in [6, 6.07) is 14.3. The normalized spacial score (nSPS) is 18.3. The molecule has 0 spiro atoms. The van der Waals surface area contributed by atoms with E-state index in [1.165, 1.54) is 0 Å². The lowest BCUT2D eigenvalue weighted by Gasteiger charge is -2.34.